The largest absolute Gasteiger partial charge is 0.573 e. The van der Waals surface area contributed by atoms with Gasteiger partial charge in [0.15, 0.2) is 0 Å². The van der Waals surface area contributed by atoms with Gasteiger partial charge in [-0.1, -0.05) is 12.1 Å². The summed E-state index contributed by atoms with van der Waals surface area (Å²) in [7, 11) is 0. The molecule has 0 saturated heterocycles. The second-order valence-corrected chi connectivity index (χ2v) is 3.41. The molecule has 0 bridgehead atoms. The van der Waals surface area contributed by atoms with Gasteiger partial charge in [0.1, 0.15) is 11.9 Å². The maximum absolute atomic E-state index is 12.0. The van der Waals surface area contributed by atoms with E-state index >= 15 is 0 Å². The predicted molar refractivity (Wildman–Crippen MR) is 53.4 cm³/mol. The van der Waals surface area contributed by atoms with Gasteiger partial charge in [0.25, 0.3) is 6.02 Å². The van der Waals surface area contributed by atoms with Crippen LogP contribution in [0.3, 0.4) is 0 Å². The lowest BCUT2D eigenvalue weighted by Gasteiger charge is -2.13. The lowest BCUT2D eigenvalue weighted by molar-refractivity contribution is -0.274. The summed E-state index contributed by atoms with van der Waals surface area (Å²) in [5.41, 5.74) is 5.86. The zero-order chi connectivity index (χ0) is 12.5. The summed E-state index contributed by atoms with van der Waals surface area (Å²) in [5.74, 6) is -0.288. The highest BCUT2D eigenvalue weighted by atomic mass is 19.4. The van der Waals surface area contributed by atoms with Crippen LogP contribution >= 0.6 is 0 Å². The number of rotatable bonds is 2. The van der Waals surface area contributed by atoms with E-state index in [0.717, 1.165) is 0 Å². The summed E-state index contributed by atoms with van der Waals surface area (Å²) in [6, 6.07) is 5.59. The Morgan fingerprint density at radius 2 is 2.18 bits per heavy atom. The molecule has 7 heteroatoms. The Bertz CT molecular complexity index is 445. The Morgan fingerprint density at radius 1 is 1.41 bits per heavy atom. The second kappa shape index (κ2) is 4.15. The zero-order valence-corrected chi connectivity index (χ0v) is 8.57. The molecular weight excluding hydrogens is 237 g/mol. The minimum absolute atomic E-state index is 0.0390. The van der Waals surface area contributed by atoms with Crippen molar-refractivity contribution < 1.29 is 22.6 Å². The lowest BCUT2D eigenvalue weighted by atomic mass is 10.1. The molecule has 0 aliphatic carbocycles. The van der Waals surface area contributed by atoms with Gasteiger partial charge in [0.05, 0.1) is 6.54 Å². The number of alkyl halides is 3. The first-order valence-electron chi connectivity index (χ1n) is 4.76. The van der Waals surface area contributed by atoms with E-state index in [1.807, 2.05) is 0 Å². The van der Waals surface area contributed by atoms with Crippen LogP contribution in [0.5, 0.6) is 5.75 Å². The van der Waals surface area contributed by atoms with Crippen molar-refractivity contribution in [1.29, 1.82) is 0 Å². The van der Waals surface area contributed by atoms with Crippen LogP contribution in [0, 0.1) is 0 Å². The summed E-state index contributed by atoms with van der Waals surface area (Å²) in [4.78, 5) is 3.81. The SMILES string of the molecule is NC1=NCC(c2cccc(OC(F)(F)F)c2)O1. The maximum Gasteiger partial charge on any atom is 0.573 e. The van der Waals surface area contributed by atoms with E-state index < -0.39 is 12.5 Å². The first kappa shape index (κ1) is 11.6. The number of halogens is 3. The molecule has 92 valence electrons. The minimum Gasteiger partial charge on any atom is -0.455 e. The van der Waals surface area contributed by atoms with Gasteiger partial charge in [0.2, 0.25) is 0 Å². The molecule has 2 N–H and O–H groups in total. The van der Waals surface area contributed by atoms with E-state index in [-0.39, 0.29) is 11.8 Å². The molecule has 0 saturated carbocycles. The molecule has 1 heterocycles. The number of nitrogens with two attached hydrogens (primary N) is 1. The molecule has 1 atom stereocenters. The molecule has 2 rings (SSSR count). The first-order valence-corrected chi connectivity index (χ1v) is 4.76. The van der Waals surface area contributed by atoms with Crippen LogP contribution in [-0.2, 0) is 4.74 Å². The van der Waals surface area contributed by atoms with Crippen LogP contribution in [0.4, 0.5) is 13.2 Å². The summed E-state index contributed by atoms with van der Waals surface area (Å²) in [5, 5.41) is 0. The van der Waals surface area contributed by atoms with Crippen molar-refractivity contribution in [3.63, 3.8) is 0 Å². The minimum atomic E-state index is -4.70. The Balaban J connectivity index is 2.12. The van der Waals surface area contributed by atoms with Crippen LogP contribution in [0.1, 0.15) is 11.7 Å². The topological polar surface area (TPSA) is 56.8 Å². The fraction of sp³-hybridized carbons (Fsp3) is 0.300. The van der Waals surface area contributed by atoms with Gasteiger partial charge in [-0.05, 0) is 17.7 Å². The van der Waals surface area contributed by atoms with Crippen molar-refractivity contribution in [2.75, 3.05) is 6.54 Å². The van der Waals surface area contributed by atoms with E-state index in [1.165, 1.54) is 18.2 Å². The molecule has 0 amide bonds. The highest BCUT2D eigenvalue weighted by molar-refractivity contribution is 5.73. The highest BCUT2D eigenvalue weighted by Gasteiger charge is 2.31. The second-order valence-electron chi connectivity index (χ2n) is 3.41. The maximum atomic E-state index is 12.0. The molecule has 1 unspecified atom stereocenters. The molecule has 0 radical (unpaired) electrons. The molecule has 1 aliphatic rings. The van der Waals surface area contributed by atoms with Crippen molar-refractivity contribution in [1.82, 2.24) is 0 Å². The zero-order valence-electron chi connectivity index (χ0n) is 8.57. The van der Waals surface area contributed by atoms with Crippen LogP contribution in [0.25, 0.3) is 0 Å². The fourth-order valence-corrected chi connectivity index (χ4v) is 1.48. The molecule has 0 aromatic heterocycles. The third-order valence-corrected chi connectivity index (χ3v) is 2.14. The highest BCUT2D eigenvalue weighted by Crippen LogP contribution is 2.28. The number of hydrogen-bond acceptors (Lipinski definition) is 4. The Labute approximate surface area is 94.8 Å². The average molecular weight is 246 g/mol. The standard InChI is InChI=1S/C10H9F3N2O2/c11-10(12,13)17-7-3-1-2-6(4-7)8-5-15-9(14)16-8/h1-4,8H,5H2,(H2,14,15). The summed E-state index contributed by atoms with van der Waals surface area (Å²) >= 11 is 0. The molecule has 0 fully saturated rings. The van der Waals surface area contributed by atoms with Crippen molar-refractivity contribution in [3.8, 4) is 5.75 Å². The van der Waals surface area contributed by atoms with Crippen LogP contribution in [-0.4, -0.2) is 18.9 Å². The predicted octanol–water partition coefficient (Wildman–Crippen LogP) is 1.97. The number of nitrogens with zero attached hydrogens (tertiary/aromatic N) is 1. The van der Waals surface area contributed by atoms with Gasteiger partial charge in [-0.15, -0.1) is 13.2 Å². The molecule has 1 aromatic carbocycles. The normalized spacial score (nSPS) is 19.7. The van der Waals surface area contributed by atoms with Crippen LogP contribution in [0.2, 0.25) is 0 Å². The molecule has 1 aromatic rings. The van der Waals surface area contributed by atoms with Crippen molar-refractivity contribution >= 4 is 6.02 Å². The summed E-state index contributed by atoms with van der Waals surface area (Å²) < 4.78 is 45.0. The first-order chi connectivity index (χ1) is 7.94. The van der Waals surface area contributed by atoms with E-state index in [2.05, 4.69) is 9.73 Å². The van der Waals surface area contributed by atoms with Gasteiger partial charge in [-0.2, -0.15) is 0 Å². The Hall–Kier alpha value is -1.92. The fourth-order valence-electron chi connectivity index (χ4n) is 1.48. The van der Waals surface area contributed by atoms with Gasteiger partial charge in [0, 0.05) is 0 Å². The Kier molecular flexibility index (Phi) is 2.83. The van der Waals surface area contributed by atoms with Gasteiger partial charge in [-0.3, -0.25) is 0 Å². The molecular formula is C10H9F3N2O2. The molecule has 0 spiro atoms. The molecule has 17 heavy (non-hydrogen) atoms. The van der Waals surface area contributed by atoms with Crippen LogP contribution in [0.15, 0.2) is 29.3 Å². The quantitative estimate of drug-likeness (QED) is 0.867. The average Bonchev–Trinajstić information content (AvgIpc) is 2.63. The van der Waals surface area contributed by atoms with Gasteiger partial charge in [-0.25, -0.2) is 4.99 Å². The van der Waals surface area contributed by atoms with Crippen molar-refractivity contribution in [2.24, 2.45) is 10.7 Å². The Morgan fingerprint density at radius 3 is 2.76 bits per heavy atom. The van der Waals surface area contributed by atoms with Gasteiger partial charge >= 0.3 is 6.36 Å². The molecule has 4 nitrogen and oxygen atoms in total. The van der Waals surface area contributed by atoms with E-state index in [4.69, 9.17) is 10.5 Å². The van der Waals surface area contributed by atoms with Crippen molar-refractivity contribution in [3.05, 3.63) is 29.8 Å². The van der Waals surface area contributed by atoms with Gasteiger partial charge < -0.3 is 15.2 Å². The molecule has 1 aliphatic heterocycles. The van der Waals surface area contributed by atoms with E-state index in [1.54, 1.807) is 6.07 Å². The third-order valence-electron chi connectivity index (χ3n) is 2.14. The van der Waals surface area contributed by atoms with E-state index in [0.29, 0.717) is 12.1 Å². The number of ether oxygens (including phenoxy) is 2. The monoisotopic (exact) mass is 246 g/mol. The summed E-state index contributed by atoms with van der Waals surface area (Å²) in [6.07, 6.45) is -5.16. The smallest absolute Gasteiger partial charge is 0.455 e. The number of amidine groups is 1. The van der Waals surface area contributed by atoms with Crippen LogP contribution < -0.4 is 10.5 Å². The number of aliphatic imine (C=N–C) groups is 1. The summed E-state index contributed by atoms with van der Waals surface area (Å²) in [6.45, 7) is 0.293. The third kappa shape index (κ3) is 3.02. The van der Waals surface area contributed by atoms with Crippen molar-refractivity contribution in [2.45, 2.75) is 12.5 Å². The lowest BCUT2D eigenvalue weighted by Crippen LogP contribution is -2.17. The number of hydrogen-bond donors (Lipinski definition) is 1. The van der Waals surface area contributed by atoms with E-state index in [9.17, 15) is 13.2 Å². The number of benzene rings is 1.